The van der Waals surface area contributed by atoms with E-state index in [-0.39, 0.29) is 24.1 Å². The van der Waals surface area contributed by atoms with Gasteiger partial charge in [0, 0.05) is 24.3 Å². The molecule has 0 radical (unpaired) electrons. The fraction of sp³-hybridized carbons (Fsp3) is 0.438. The maximum absolute atomic E-state index is 12.2. The first-order valence-corrected chi connectivity index (χ1v) is 7.15. The van der Waals surface area contributed by atoms with Gasteiger partial charge in [0.1, 0.15) is 0 Å². The summed E-state index contributed by atoms with van der Waals surface area (Å²) < 4.78 is 4.84. The van der Waals surface area contributed by atoms with Gasteiger partial charge >= 0.3 is 5.97 Å². The number of carbonyl (C=O) groups is 3. The Labute approximate surface area is 135 Å². The van der Waals surface area contributed by atoms with Gasteiger partial charge in [-0.05, 0) is 45.0 Å². The van der Waals surface area contributed by atoms with Crippen LogP contribution in [-0.2, 0) is 9.53 Å². The quantitative estimate of drug-likeness (QED) is 0.696. The van der Waals surface area contributed by atoms with E-state index in [1.165, 1.54) is 38.3 Å². The van der Waals surface area contributed by atoms with Crippen LogP contribution in [0.25, 0.3) is 0 Å². The minimum absolute atomic E-state index is 0.00999. The molecule has 1 aromatic carbocycles. The number of methoxy groups -OCH3 is 1. The van der Waals surface area contributed by atoms with Gasteiger partial charge in [0.05, 0.1) is 6.61 Å². The molecular weight excluding hydrogens is 300 g/mol. The summed E-state index contributed by atoms with van der Waals surface area (Å²) in [7, 11) is 1.36. The van der Waals surface area contributed by atoms with E-state index in [4.69, 9.17) is 4.74 Å². The van der Waals surface area contributed by atoms with Crippen LogP contribution in [0.4, 0.5) is 0 Å². The monoisotopic (exact) mass is 322 g/mol. The highest BCUT2D eigenvalue weighted by Gasteiger charge is 2.35. The summed E-state index contributed by atoms with van der Waals surface area (Å²) in [6.07, 6.45) is 0. The van der Waals surface area contributed by atoms with Crippen LogP contribution < -0.4 is 10.6 Å². The molecule has 0 heterocycles. The summed E-state index contributed by atoms with van der Waals surface area (Å²) in [5, 5.41) is 14.4. The van der Waals surface area contributed by atoms with Gasteiger partial charge in [-0.15, -0.1) is 0 Å². The molecule has 7 nitrogen and oxygen atoms in total. The van der Waals surface area contributed by atoms with Gasteiger partial charge < -0.3 is 20.5 Å². The zero-order valence-corrected chi connectivity index (χ0v) is 13.7. The summed E-state index contributed by atoms with van der Waals surface area (Å²) in [6.45, 7) is 4.90. The Morgan fingerprint density at radius 2 is 1.61 bits per heavy atom. The van der Waals surface area contributed by atoms with Gasteiger partial charge in [-0.2, -0.15) is 0 Å². The van der Waals surface area contributed by atoms with Gasteiger partial charge in [-0.1, -0.05) is 0 Å². The van der Waals surface area contributed by atoms with Crippen LogP contribution in [0.3, 0.4) is 0 Å². The molecule has 0 saturated heterocycles. The standard InChI is InChI=1S/C16H22N2O5/c1-10(2)17-13(19)11-5-7-12(8-6-11)14(20)18-16(3,9-23-4)15(21)22/h5-8,10H,9H2,1-4H3,(H,17,19)(H,18,20)(H,21,22). The molecule has 1 aromatic rings. The summed E-state index contributed by atoms with van der Waals surface area (Å²) in [5.74, 6) is -1.98. The molecule has 2 amide bonds. The van der Waals surface area contributed by atoms with E-state index in [9.17, 15) is 19.5 Å². The first kappa shape index (κ1) is 18.6. The summed E-state index contributed by atoms with van der Waals surface area (Å²) in [4.78, 5) is 35.3. The van der Waals surface area contributed by atoms with Crippen molar-refractivity contribution < 1.29 is 24.2 Å². The SMILES string of the molecule is COCC(C)(NC(=O)c1ccc(C(=O)NC(C)C)cc1)C(=O)O. The number of carbonyl (C=O) groups excluding carboxylic acids is 2. The predicted octanol–water partition coefficient (Wildman–Crippen LogP) is 1.04. The molecule has 1 rings (SSSR count). The lowest BCUT2D eigenvalue weighted by Crippen LogP contribution is -2.55. The Kier molecular flexibility index (Phi) is 6.27. The van der Waals surface area contributed by atoms with Gasteiger partial charge in [0.25, 0.3) is 11.8 Å². The van der Waals surface area contributed by atoms with E-state index in [1.54, 1.807) is 0 Å². The fourth-order valence-electron chi connectivity index (χ4n) is 1.88. The fourth-order valence-corrected chi connectivity index (χ4v) is 1.88. The van der Waals surface area contributed by atoms with E-state index in [2.05, 4.69) is 10.6 Å². The van der Waals surface area contributed by atoms with Crippen molar-refractivity contribution in [3.63, 3.8) is 0 Å². The van der Waals surface area contributed by atoms with Crippen molar-refractivity contribution >= 4 is 17.8 Å². The molecule has 1 atom stereocenters. The number of carboxylic acid groups (broad SMARTS) is 1. The number of nitrogens with one attached hydrogen (secondary N) is 2. The molecular formula is C16H22N2O5. The second-order valence-electron chi connectivity index (χ2n) is 5.73. The maximum Gasteiger partial charge on any atom is 0.331 e. The van der Waals surface area contributed by atoms with Crippen molar-refractivity contribution in [2.75, 3.05) is 13.7 Å². The molecule has 7 heteroatoms. The minimum atomic E-state index is -1.53. The van der Waals surface area contributed by atoms with E-state index in [0.29, 0.717) is 5.56 Å². The Morgan fingerprint density at radius 1 is 1.13 bits per heavy atom. The number of aliphatic carboxylic acids is 1. The number of ether oxygens (including phenoxy) is 1. The molecule has 0 spiro atoms. The first-order chi connectivity index (χ1) is 10.7. The van der Waals surface area contributed by atoms with Crippen LogP contribution in [0.1, 0.15) is 41.5 Å². The maximum atomic E-state index is 12.2. The molecule has 0 aliphatic carbocycles. The lowest BCUT2D eigenvalue weighted by molar-refractivity contribution is -0.145. The third kappa shape index (κ3) is 5.07. The third-order valence-electron chi connectivity index (χ3n) is 3.12. The van der Waals surface area contributed by atoms with Crippen molar-refractivity contribution in [1.29, 1.82) is 0 Å². The van der Waals surface area contributed by atoms with Crippen LogP contribution in [0.2, 0.25) is 0 Å². The van der Waals surface area contributed by atoms with Crippen LogP contribution in [0, 0.1) is 0 Å². The van der Waals surface area contributed by atoms with Crippen molar-refractivity contribution in [3.05, 3.63) is 35.4 Å². The molecule has 3 N–H and O–H groups in total. The molecule has 0 bridgehead atoms. The Bertz CT molecular complexity index is 583. The van der Waals surface area contributed by atoms with Gasteiger partial charge in [-0.3, -0.25) is 9.59 Å². The molecule has 1 unspecified atom stereocenters. The normalized spacial score (nSPS) is 13.3. The second kappa shape index (κ2) is 7.73. The molecule has 0 saturated carbocycles. The largest absolute Gasteiger partial charge is 0.479 e. The molecule has 0 aliphatic heterocycles. The number of hydrogen-bond acceptors (Lipinski definition) is 4. The first-order valence-electron chi connectivity index (χ1n) is 7.15. The van der Waals surface area contributed by atoms with Gasteiger partial charge in [-0.25, -0.2) is 4.79 Å². The van der Waals surface area contributed by atoms with E-state index < -0.39 is 17.4 Å². The van der Waals surface area contributed by atoms with Crippen molar-refractivity contribution in [2.45, 2.75) is 32.4 Å². The second-order valence-corrected chi connectivity index (χ2v) is 5.73. The van der Waals surface area contributed by atoms with E-state index in [0.717, 1.165) is 0 Å². The van der Waals surface area contributed by atoms with Crippen LogP contribution >= 0.6 is 0 Å². The van der Waals surface area contributed by atoms with Crippen molar-refractivity contribution in [2.24, 2.45) is 0 Å². The Balaban J connectivity index is 2.85. The lowest BCUT2D eigenvalue weighted by Gasteiger charge is -2.25. The minimum Gasteiger partial charge on any atom is -0.479 e. The number of hydrogen-bond donors (Lipinski definition) is 3. The molecule has 126 valence electrons. The predicted molar refractivity (Wildman–Crippen MR) is 84.4 cm³/mol. The van der Waals surface area contributed by atoms with Crippen LogP contribution in [0.5, 0.6) is 0 Å². The number of carboxylic acids is 1. The Morgan fingerprint density at radius 3 is 2.00 bits per heavy atom. The highest BCUT2D eigenvalue weighted by atomic mass is 16.5. The molecule has 23 heavy (non-hydrogen) atoms. The van der Waals surface area contributed by atoms with E-state index in [1.807, 2.05) is 13.8 Å². The van der Waals surface area contributed by atoms with Crippen LogP contribution in [-0.4, -0.2) is 48.2 Å². The summed E-state index contributed by atoms with van der Waals surface area (Å²) in [5.41, 5.74) is -0.845. The van der Waals surface area contributed by atoms with Crippen molar-refractivity contribution in [1.82, 2.24) is 10.6 Å². The summed E-state index contributed by atoms with van der Waals surface area (Å²) >= 11 is 0. The number of amides is 2. The smallest absolute Gasteiger partial charge is 0.331 e. The van der Waals surface area contributed by atoms with Crippen molar-refractivity contribution in [3.8, 4) is 0 Å². The van der Waals surface area contributed by atoms with Gasteiger partial charge in [0.15, 0.2) is 5.54 Å². The highest BCUT2D eigenvalue weighted by Crippen LogP contribution is 2.09. The highest BCUT2D eigenvalue weighted by molar-refractivity contribution is 5.99. The zero-order valence-electron chi connectivity index (χ0n) is 13.7. The molecule has 0 aliphatic rings. The summed E-state index contributed by atoms with van der Waals surface area (Å²) in [6, 6.07) is 5.98. The van der Waals surface area contributed by atoms with Gasteiger partial charge in [0.2, 0.25) is 0 Å². The Hall–Kier alpha value is -2.41. The van der Waals surface area contributed by atoms with Crippen LogP contribution in [0.15, 0.2) is 24.3 Å². The van der Waals surface area contributed by atoms with E-state index >= 15 is 0 Å². The number of rotatable bonds is 7. The third-order valence-corrected chi connectivity index (χ3v) is 3.12. The average Bonchev–Trinajstić information content (AvgIpc) is 2.46. The molecule has 0 fully saturated rings. The average molecular weight is 322 g/mol. The topological polar surface area (TPSA) is 105 Å². The molecule has 0 aromatic heterocycles. The lowest BCUT2D eigenvalue weighted by atomic mass is 10.0. The zero-order chi connectivity index (χ0) is 17.6. The number of benzene rings is 1.